The molecule has 4 nitrogen and oxygen atoms in total. The Morgan fingerprint density at radius 2 is 1.85 bits per heavy atom. The van der Waals surface area contributed by atoms with E-state index in [2.05, 4.69) is 10.1 Å². The number of halogens is 3. The largest absolute Gasteiger partial charge is 0.396 e. The standard InChI is InChI=1S/C12H7F3N4S/c13-7-3-6(4-8(14)10(7)15)19-5-9(16)11(18-19)12-17-1-2-20-12/h1-5H,16H2. The maximum absolute atomic E-state index is 13.2. The molecule has 2 heterocycles. The van der Waals surface area contributed by atoms with Crippen LogP contribution in [0.5, 0.6) is 0 Å². The Labute approximate surface area is 115 Å². The lowest BCUT2D eigenvalue weighted by molar-refractivity contribution is 0.446. The van der Waals surface area contributed by atoms with Gasteiger partial charge < -0.3 is 5.73 Å². The van der Waals surface area contributed by atoms with Gasteiger partial charge in [0.25, 0.3) is 0 Å². The fraction of sp³-hybridized carbons (Fsp3) is 0. The third-order valence-electron chi connectivity index (χ3n) is 2.61. The van der Waals surface area contributed by atoms with Crippen molar-refractivity contribution in [2.24, 2.45) is 0 Å². The van der Waals surface area contributed by atoms with Crippen LogP contribution in [0.25, 0.3) is 16.4 Å². The maximum Gasteiger partial charge on any atom is 0.194 e. The van der Waals surface area contributed by atoms with Crippen LogP contribution in [0.4, 0.5) is 18.9 Å². The monoisotopic (exact) mass is 296 g/mol. The predicted molar refractivity (Wildman–Crippen MR) is 69.0 cm³/mol. The van der Waals surface area contributed by atoms with Crippen molar-refractivity contribution in [2.75, 3.05) is 5.73 Å². The molecule has 20 heavy (non-hydrogen) atoms. The molecule has 0 aliphatic rings. The number of nitrogen functional groups attached to an aromatic ring is 1. The van der Waals surface area contributed by atoms with Crippen LogP contribution in [0, 0.1) is 17.5 Å². The molecule has 2 N–H and O–H groups in total. The van der Waals surface area contributed by atoms with E-state index in [4.69, 9.17) is 5.73 Å². The van der Waals surface area contributed by atoms with Crippen LogP contribution in [-0.4, -0.2) is 14.8 Å². The van der Waals surface area contributed by atoms with Gasteiger partial charge >= 0.3 is 0 Å². The topological polar surface area (TPSA) is 56.7 Å². The number of anilines is 1. The molecule has 1 aromatic carbocycles. The van der Waals surface area contributed by atoms with Crippen molar-refractivity contribution in [2.45, 2.75) is 0 Å². The molecule has 0 saturated carbocycles. The Morgan fingerprint density at radius 1 is 1.15 bits per heavy atom. The van der Waals surface area contributed by atoms with Crippen LogP contribution in [0.15, 0.2) is 29.9 Å². The van der Waals surface area contributed by atoms with Crippen LogP contribution >= 0.6 is 11.3 Å². The average Bonchev–Trinajstić information content (AvgIpc) is 3.04. The first-order valence-corrected chi connectivity index (χ1v) is 6.34. The normalized spacial score (nSPS) is 10.9. The van der Waals surface area contributed by atoms with Gasteiger partial charge in [-0.2, -0.15) is 5.10 Å². The van der Waals surface area contributed by atoms with Crippen molar-refractivity contribution < 1.29 is 13.2 Å². The van der Waals surface area contributed by atoms with E-state index in [0.29, 0.717) is 16.4 Å². The lowest BCUT2D eigenvalue weighted by Gasteiger charge is -2.02. The van der Waals surface area contributed by atoms with Crippen molar-refractivity contribution in [1.82, 2.24) is 14.8 Å². The number of aromatic nitrogens is 3. The highest BCUT2D eigenvalue weighted by atomic mass is 32.1. The van der Waals surface area contributed by atoms with Crippen molar-refractivity contribution in [1.29, 1.82) is 0 Å². The summed E-state index contributed by atoms with van der Waals surface area (Å²) < 4.78 is 40.5. The van der Waals surface area contributed by atoms with Crippen molar-refractivity contribution in [3.63, 3.8) is 0 Å². The second kappa shape index (κ2) is 4.64. The van der Waals surface area contributed by atoms with Crippen molar-refractivity contribution in [3.8, 4) is 16.4 Å². The smallest absolute Gasteiger partial charge is 0.194 e. The Morgan fingerprint density at radius 3 is 2.45 bits per heavy atom. The van der Waals surface area contributed by atoms with E-state index in [-0.39, 0.29) is 5.69 Å². The van der Waals surface area contributed by atoms with E-state index in [0.717, 1.165) is 12.1 Å². The number of nitrogens with two attached hydrogens (primary N) is 1. The summed E-state index contributed by atoms with van der Waals surface area (Å²) in [6, 6.07) is 1.69. The summed E-state index contributed by atoms with van der Waals surface area (Å²) in [6.07, 6.45) is 2.98. The molecule has 0 amide bonds. The van der Waals surface area contributed by atoms with Gasteiger partial charge in [0.2, 0.25) is 0 Å². The summed E-state index contributed by atoms with van der Waals surface area (Å²) in [5, 5.41) is 6.46. The van der Waals surface area contributed by atoms with E-state index < -0.39 is 17.5 Å². The van der Waals surface area contributed by atoms with Gasteiger partial charge in [-0.3, -0.25) is 0 Å². The summed E-state index contributed by atoms with van der Waals surface area (Å²) >= 11 is 1.33. The second-order valence-electron chi connectivity index (χ2n) is 3.94. The van der Waals surface area contributed by atoms with Crippen LogP contribution in [0.2, 0.25) is 0 Å². The summed E-state index contributed by atoms with van der Waals surface area (Å²) in [5.41, 5.74) is 6.55. The van der Waals surface area contributed by atoms with E-state index >= 15 is 0 Å². The molecule has 3 aromatic rings. The summed E-state index contributed by atoms with van der Waals surface area (Å²) in [4.78, 5) is 4.06. The molecule has 0 bridgehead atoms. The van der Waals surface area contributed by atoms with Crippen LogP contribution in [0.3, 0.4) is 0 Å². The number of nitrogens with zero attached hydrogens (tertiary/aromatic N) is 3. The predicted octanol–water partition coefficient (Wildman–Crippen LogP) is 3.00. The minimum Gasteiger partial charge on any atom is -0.396 e. The molecule has 0 unspecified atom stereocenters. The summed E-state index contributed by atoms with van der Waals surface area (Å²) in [6.45, 7) is 0. The number of hydrogen-bond acceptors (Lipinski definition) is 4. The van der Waals surface area contributed by atoms with Gasteiger partial charge in [0, 0.05) is 23.7 Å². The Balaban J connectivity index is 2.10. The fourth-order valence-corrected chi connectivity index (χ4v) is 2.34. The van der Waals surface area contributed by atoms with Gasteiger partial charge in [-0.25, -0.2) is 22.8 Å². The SMILES string of the molecule is Nc1cn(-c2cc(F)c(F)c(F)c2)nc1-c1nccs1. The Bertz CT molecular complexity index is 744. The van der Waals surface area contributed by atoms with E-state index in [1.54, 1.807) is 11.6 Å². The zero-order chi connectivity index (χ0) is 14.3. The molecule has 0 spiro atoms. The van der Waals surface area contributed by atoms with Gasteiger partial charge in [0.1, 0.15) is 10.7 Å². The van der Waals surface area contributed by atoms with Crippen molar-refractivity contribution >= 4 is 17.0 Å². The molecule has 0 atom stereocenters. The minimum absolute atomic E-state index is 0.0379. The number of rotatable bonds is 2. The zero-order valence-electron chi connectivity index (χ0n) is 9.85. The van der Waals surface area contributed by atoms with Gasteiger partial charge in [-0.05, 0) is 0 Å². The van der Waals surface area contributed by atoms with Crippen LogP contribution in [-0.2, 0) is 0 Å². The second-order valence-corrected chi connectivity index (χ2v) is 4.83. The molecular weight excluding hydrogens is 289 g/mol. The lowest BCUT2D eigenvalue weighted by Crippen LogP contribution is -2.00. The summed E-state index contributed by atoms with van der Waals surface area (Å²) in [5.74, 6) is -4.09. The Hall–Kier alpha value is -2.35. The Kier molecular flexibility index (Phi) is 2.94. The van der Waals surface area contributed by atoms with Crippen molar-refractivity contribution in [3.05, 3.63) is 47.4 Å². The van der Waals surface area contributed by atoms with Crippen LogP contribution < -0.4 is 5.73 Å². The lowest BCUT2D eigenvalue weighted by atomic mass is 10.3. The number of benzene rings is 1. The van der Waals surface area contributed by atoms with Crippen LogP contribution in [0.1, 0.15) is 0 Å². The first-order valence-electron chi connectivity index (χ1n) is 5.46. The minimum atomic E-state index is -1.52. The molecule has 2 aromatic heterocycles. The molecule has 0 fully saturated rings. The van der Waals surface area contributed by atoms with Gasteiger partial charge in [0.15, 0.2) is 17.5 Å². The third kappa shape index (κ3) is 2.03. The fourth-order valence-electron chi connectivity index (χ4n) is 1.70. The first kappa shape index (κ1) is 12.7. The van der Waals surface area contributed by atoms with Gasteiger partial charge in [-0.1, -0.05) is 0 Å². The molecule has 0 aliphatic carbocycles. The molecule has 3 rings (SSSR count). The molecule has 0 radical (unpaired) electrons. The summed E-state index contributed by atoms with van der Waals surface area (Å²) in [7, 11) is 0. The van der Waals surface area contributed by atoms with E-state index in [1.807, 2.05) is 0 Å². The average molecular weight is 296 g/mol. The quantitative estimate of drug-likeness (QED) is 0.740. The zero-order valence-corrected chi connectivity index (χ0v) is 10.7. The number of hydrogen-bond donors (Lipinski definition) is 1. The molecule has 102 valence electrons. The number of thiazole rings is 1. The third-order valence-corrected chi connectivity index (χ3v) is 3.39. The van der Waals surface area contributed by atoms with Gasteiger partial charge in [0.05, 0.1) is 17.6 Å². The van der Waals surface area contributed by atoms with E-state index in [9.17, 15) is 13.2 Å². The molecular formula is C12H7F3N4S. The highest BCUT2D eigenvalue weighted by molar-refractivity contribution is 7.13. The molecule has 0 saturated heterocycles. The maximum atomic E-state index is 13.2. The first-order chi connectivity index (χ1) is 9.56. The highest BCUT2D eigenvalue weighted by Gasteiger charge is 2.15. The van der Waals surface area contributed by atoms with E-state index in [1.165, 1.54) is 22.2 Å². The highest BCUT2D eigenvalue weighted by Crippen LogP contribution is 2.27. The van der Waals surface area contributed by atoms with Gasteiger partial charge in [-0.15, -0.1) is 11.3 Å². The molecule has 8 heteroatoms. The molecule has 0 aliphatic heterocycles.